The summed E-state index contributed by atoms with van der Waals surface area (Å²) in [6, 6.07) is 50.3. The molecule has 280 valence electrons. The molecule has 0 N–H and O–H groups in total. The Labute approximate surface area is 339 Å². The fourth-order valence-corrected chi connectivity index (χ4v) is 13.8. The maximum atomic E-state index is 5.54. The third-order valence-electron chi connectivity index (χ3n) is 11.4. The second-order valence-electron chi connectivity index (χ2n) is 17.0. The van der Waals surface area contributed by atoms with Crippen molar-refractivity contribution in [3.63, 3.8) is 0 Å². The summed E-state index contributed by atoms with van der Waals surface area (Å²) in [4.78, 5) is 2.35. The quantitative estimate of drug-likeness (QED) is 0.127. The van der Waals surface area contributed by atoms with Gasteiger partial charge in [-0.3, -0.25) is 27.9 Å². The highest BCUT2D eigenvalue weighted by atomic mass is 28.4. The Morgan fingerprint density at radius 3 is 1.57 bits per heavy atom. The van der Waals surface area contributed by atoms with Crippen LogP contribution in [0.2, 0.25) is 39.3 Å². The van der Waals surface area contributed by atoms with Crippen molar-refractivity contribution in [2.75, 3.05) is 4.90 Å². The minimum absolute atomic E-state index is 0.912. The van der Waals surface area contributed by atoms with E-state index >= 15 is 0 Å². The van der Waals surface area contributed by atoms with Gasteiger partial charge in [-0.05, 0) is 119 Å². The molecule has 0 aliphatic carbocycles. The first kappa shape index (κ1) is 35.0. The van der Waals surface area contributed by atoms with Gasteiger partial charge in [0.2, 0.25) is 0 Å². The van der Waals surface area contributed by atoms with Gasteiger partial charge in [0.25, 0.3) is 25.2 Å². The van der Waals surface area contributed by atoms with Crippen LogP contribution >= 0.6 is 0 Å². The molecule has 0 radical (unpaired) electrons. The van der Waals surface area contributed by atoms with Gasteiger partial charge in [-0.15, -0.1) is 0 Å². The van der Waals surface area contributed by atoms with Crippen LogP contribution in [0.25, 0.3) is 54.6 Å². The van der Waals surface area contributed by atoms with Crippen molar-refractivity contribution in [2.45, 2.75) is 39.3 Å². The topological polar surface area (TPSA) is 77.4 Å². The smallest absolute Gasteiger partial charge is 0.298 e. The Balaban J connectivity index is 1.20. The third-order valence-corrected chi connectivity index (χ3v) is 16.1. The highest BCUT2D eigenvalue weighted by Gasteiger charge is 2.33. The normalized spacial score (nSPS) is 16.3. The molecule has 0 saturated heterocycles. The molecule has 8 aromatic carbocycles. The summed E-state index contributed by atoms with van der Waals surface area (Å²) in [6.45, 7) is 13.3. The van der Waals surface area contributed by atoms with Gasteiger partial charge in [0.15, 0.2) is 0 Å². The van der Waals surface area contributed by atoms with Crippen molar-refractivity contribution in [2.24, 2.45) is 27.9 Å². The van der Waals surface area contributed by atoms with Crippen LogP contribution in [0.1, 0.15) is 0 Å². The van der Waals surface area contributed by atoms with Gasteiger partial charge in [0.1, 0.15) is 0 Å². The van der Waals surface area contributed by atoms with Gasteiger partial charge in [0.05, 0.1) is 49.2 Å². The number of nitrogens with zero attached hydrogens (tertiary/aromatic N) is 7. The summed E-state index contributed by atoms with van der Waals surface area (Å²) >= 11 is 0. The highest BCUT2D eigenvalue weighted by molar-refractivity contribution is 6.75. The molecule has 3 aliphatic rings. The molecule has 3 aliphatic heterocycles. The molecule has 0 atom stereocenters. The van der Waals surface area contributed by atoms with Crippen LogP contribution in [0.4, 0.5) is 17.1 Å². The van der Waals surface area contributed by atoms with Gasteiger partial charge in [-0.25, -0.2) is 0 Å². The SMILES string of the molecule is C[Si]1(C)N=c2cccc(N(c3ccc(-c4ccc5ccc6ccccc6c5c4)c4c3=N[Si](C)(C)N=4)c3ccc(-c4cccc5ccccc45)c4c3=N[Si](C)(C)N=4)c2=N1. The Bertz CT molecular complexity index is 3520. The lowest BCUT2D eigenvalue weighted by molar-refractivity contribution is 1.17. The number of fused-ring (bicyclic) bond motifs is 7. The summed E-state index contributed by atoms with van der Waals surface area (Å²) in [7, 11) is -7.02. The Kier molecular flexibility index (Phi) is 7.48. The first-order valence-electron chi connectivity index (χ1n) is 20.0. The summed E-state index contributed by atoms with van der Waals surface area (Å²) in [6.07, 6.45) is 0. The lowest BCUT2D eigenvalue weighted by atomic mass is 9.96. The van der Waals surface area contributed by atoms with E-state index in [9.17, 15) is 0 Å². The standard InChI is InChI=1S/C48H41N7Si3/c1-56(2)49-40-19-12-20-41(46(40)52-56)55(43-28-26-38(45-48(43)54-58(5,6)51-45)37-18-11-15-30-13-7-9-16-34(30)37)42-27-25-36(44-47(42)53-57(3,4)50-44)33-24-23-32-22-21-31-14-8-10-17-35(31)39(32)29-33/h7-29H,1-6H3. The first-order chi connectivity index (χ1) is 27.9. The lowest BCUT2D eigenvalue weighted by Gasteiger charge is -2.26. The average molecular weight is 800 g/mol. The molecule has 0 spiro atoms. The Hall–Kier alpha value is -6.21. The van der Waals surface area contributed by atoms with E-state index in [1.54, 1.807) is 0 Å². The van der Waals surface area contributed by atoms with Crippen LogP contribution in [0.15, 0.2) is 167 Å². The van der Waals surface area contributed by atoms with E-state index in [2.05, 4.69) is 184 Å². The number of hydrogen-bond donors (Lipinski definition) is 0. The van der Waals surface area contributed by atoms with Gasteiger partial charge < -0.3 is 4.90 Å². The van der Waals surface area contributed by atoms with Crippen LogP contribution < -0.4 is 37.0 Å². The number of hydrogen-bond acceptors (Lipinski definition) is 7. The first-order valence-corrected chi connectivity index (χ1v) is 28.7. The van der Waals surface area contributed by atoms with E-state index in [1.807, 2.05) is 0 Å². The molecule has 11 rings (SSSR count). The van der Waals surface area contributed by atoms with Crippen LogP contribution in [0.3, 0.4) is 0 Å². The molecule has 0 bridgehead atoms. The fourth-order valence-electron chi connectivity index (χ4n) is 9.06. The summed E-state index contributed by atoms with van der Waals surface area (Å²) in [5.74, 6) is 0. The molecule has 58 heavy (non-hydrogen) atoms. The number of anilines is 3. The minimum Gasteiger partial charge on any atom is -0.304 e. The van der Waals surface area contributed by atoms with Gasteiger partial charge >= 0.3 is 0 Å². The number of rotatable bonds is 5. The zero-order chi connectivity index (χ0) is 39.6. The molecule has 7 nitrogen and oxygen atoms in total. The molecule has 8 aromatic rings. The Morgan fingerprint density at radius 2 is 0.845 bits per heavy atom. The highest BCUT2D eigenvalue weighted by Crippen LogP contribution is 2.35. The predicted molar refractivity (Wildman–Crippen MR) is 244 cm³/mol. The number of benzene rings is 8. The van der Waals surface area contributed by atoms with Crippen LogP contribution in [-0.4, -0.2) is 25.2 Å². The zero-order valence-electron chi connectivity index (χ0n) is 33.4. The minimum atomic E-state index is -2.40. The second kappa shape index (κ2) is 12.4. The molecular weight excluding hydrogens is 759 g/mol. The predicted octanol–water partition coefficient (Wildman–Crippen LogP) is 8.81. The molecular formula is C48H41N7Si3. The molecule has 0 fully saturated rings. The monoisotopic (exact) mass is 799 g/mol. The van der Waals surface area contributed by atoms with Gasteiger partial charge in [0, 0.05) is 11.1 Å². The van der Waals surface area contributed by atoms with Gasteiger partial charge in [-0.1, -0.05) is 103 Å². The van der Waals surface area contributed by atoms with E-state index in [0.717, 1.165) is 71.5 Å². The largest absolute Gasteiger partial charge is 0.304 e. The fraction of sp³-hybridized carbons (Fsp3) is 0.125. The van der Waals surface area contributed by atoms with Crippen molar-refractivity contribution in [1.82, 2.24) is 0 Å². The lowest BCUT2D eigenvalue weighted by Crippen LogP contribution is -2.38. The van der Waals surface area contributed by atoms with Crippen LogP contribution in [-0.2, 0) is 0 Å². The zero-order valence-corrected chi connectivity index (χ0v) is 36.4. The second-order valence-corrected chi connectivity index (χ2v) is 27.4. The van der Waals surface area contributed by atoms with Crippen LogP contribution in [0, 0.1) is 0 Å². The molecule has 0 amide bonds. The molecule has 3 heterocycles. The van der Waals surface area contributed by atoms with E-state index in [4.69, 9.17) is 27.9 Å². The van der Waals surface area contributed by atoms with E-state index < -0.39 is 25.2 Å². The summed E-state index contributed by atoms with van der Waals surface area (Å²) in [5, 5.41) is 12.9. The van der Waals surface area contributed by atoms with Crippen molar-refractivity contribution in [1.29, 1.82) is 0 Å². The Morgan fingerprint density at radius 1 is 0.345 bits per heavy atom. The van der Waals surface area contributed by atoms with Crippen molar-refractivity contribution >= 4 is 74.6 Å². The average Bonchev–Trinajstić information content (AvgIpc) is 3.84. The summed E-state index contributed by atoms with van der Waals surface area (Å²) in [5.41, 5.74) is 7.37. The van der Waals surface area contributed by atoms with Gasteiger partial charge in [-0.2, -0.15) is 0 Å². The molecule has 0 aromatic heterocycles. The summed E-state index contributed by atoms with van der Waals surface area (Å²) < 4.78 is 32.5. The van der Waals surface area contributed by atoms with E-state index in [0.29, 0.717) is 0 Å². The van der Waals surface area contributed by atoms with E-state index in [-0.39, 0.29) is 0 Å². The van der Waals surface area contributed by atoms with Crippen molar-refractivity contribution in [3.05, 3.63) is 172 Å². The van der Waals surface area contributed by atoms with Crippen molar-refractivity contribution < 1.29 is 0 Å². The molecule has 0 unspecified atom stereocenters. The molecule has 0 saturated carbocycles. The third kappa shape index (κ3) is 5.58. The maximum absolute atomic E-state index is 5.54. The molecule has 10 heteroatoms. The van der Waals surface area contributed by atoms with Crippen molar-refractivity contribution in [3.8, 4) is 22.3 Å². The maximum Gasteiger partial charge on any atom is 0.298 e. The van der Waals surface area contributed by atoms with E-state index in [1.165, 1.54) is 32.3 Å². The van der Waals surface area contributed by atoms with Crippen LogP contribution in [0.5, 0.6) is 0 Å².